The van der Waals surface area contributed by atoms with Gasteiger partial charge in [0.1, 0.15) is 11.4 Å². The largest absolute Gasteiger partial charge is 0.587 e. The molecule has 0 radical (unpaired) electrons. The molecule has 2 aromatic heterocycles. The van der Waals surface area contributed by atoms with E-state index >= 15 is 0 Å². The van der Waals surface area contributed by atoms with Crippen LogP contribution in [0.15, 0.2) is 78.0 Å². The Hall–Kier alpha value is -3.16. The van der Waals surface area contributed by atoms with Crippen LogP contribution in [0.3, 0.4) is 0 Å². The predicted molar refractivity (Wildman–Crippen MR) is 118 cm³/mol. The van der Waals surface area contributed by atoms with E-state index in [1.54, 1.807) is 40.5 Å². The zero-order valence-corrected chi connectivity index (χ0v) is 17.4. The lowest BCUT2D eigenvalue weighted by Gasteiger charge is -2.12. The Morgan fingerprint density at radius 1 is 1.13 bits per heavy atom. The second-order valence-electron chi connectivity index (χ2n) is 7.68. The quantitative estimate of drug-likeness (QED) is 0.358. The maximum Gasteiger partial charge on any atom is 0.251 e. The molecule has 1 aliphatic carbocycles. The first-order valence-electron chi connectivity index (χ1n) is 10.1. The molecule has 1 unspecified atom stereocenters. The molecule has 0 bridgehead atoms. The molecule has 0 saturated heterocycles. The molecule has 4 aromatic rings. The number of hydrogen-bond acceptors (Lipinski definition) is 3. The van der Waals surface area contributed by atoms with Gasteiger partial charge in [-0.1, -0.05) is 18.2 Å². The van der Waals surface area contributed by atoms with Gasteiger partial charge in [0.05, 0.1) is 11.7 Å². The lowest BCUT2D eigenvalue weighted by molar-refractivity contribution is 0.0951. The molecule has 1 N–H and O–H groups in total. The van der Waals surface area contributed by atoms with Crippen molar-refractivity contribution in [3.63, 3.8) is 0 Å². The number of amides is 1. The van der Waals surface area contributed by atoms with Gasteiger partial charge in [-0.15, -0.1) is 0 Å². The number of carbonyl (C=O) groups is 1. The molecule has 1 atom stereocenters. The normalized spacial score (nSPS) is 14.5. The second kappa shape index (κ2) is 8.17. The van der Waals surface area contributed by atoms with Gasteiger partial charge in [-0.3, -0.25) is 4.79 Å². The summed E-state index contributed by atoms with van der Waals surface area (Å²) in [6, 6.07) is 17.4. The zero-order valence-electron chi connectivity index (χ0n) is 16.6. The van der Waals surface area contributed by atoms with Crippen molar-refractivity contribution in [3.05, 3.63) is 84.6 Å². The van der Waals surface area contributed by atoms with Gasteiger partial charge < -0.3 is 9.87 Å². The summed E-state index contributed by atoms with van der Waals surface area (Å²) >= 11 is -1.51. The third-order valence-corrected chi connectivity index (χ3v) is 6.80. The van der Waals surface area contributed by atoms with E-state index in [1.807, 2.05) is 24.3 Å². The lowest BCUT2D eigenvalue weighted by atomic mass is 10.1. The number of aromatic nitrogens is 2. The summed E-state index contributed by atoms with van der Waals surface area (Å²) in [4.78, 5) is 16.6. The predicted octanol–water partition coefficient (Wildman–Crippen LogP) is 4.55. The summed E-state index contributed by atoms with van der Waals surface area (Å²) in [5.41, 5.74) is 2.92. The van der Waals surface area contributed by atoms with Crippen LogP contribution >= 0.6 is 0 Å². The highest BCUT2D eigenvalue weighted by Crippen LogP contribution is 2.33. The van der Waals surface area contributed by atoms with Crippen LogP contribution in [-0.4, -0.2) is 26.0 Å². The van der Waals surface area contributed by atoms with Crippen LogP contribution < -0.4 is 5.32 Å². The lowest BCUT2D eigenvalue weighted by Crippen LogP contribution is -2.25. The number of carbonyl (C=O) groups excluding carboxylic acids is 1. The van der Waals surface area contributed by atoms with Crippen LogP contribution in [0.5, 0.6) is 0 Å². The van der Waals surface area contributed by atoms with E-state index < -0.39 is 17.3 Å². The summed E-state index contributed by atoms with van der Waals surface area (Å²) < 4.78 is 28.3. The molecular formula is C24H20FN3O2S. The second-order valence-corrected chi connectivity index (χ2v) is 9.05. The molecule has 156 valence electrons. The molecular weight excluding hydrogens is 413 g/mol. The average molecular weight is 434 g/mol. The molecule has 1 fully saturated rings. The van der Waals surface area contributed by atoms with Gasteiger partial charge in [-0.05, 0) is 61.2 Å². The van der Waals surface area contributed by atoms with Crippen molar-refractivity contribution in [3.8, 4) is 11.1 Å². The van der Waals surface area contributed by atoms with Crippen molar-refractivity contribution in [2.75, 3.05) is 6.54 Å². The Morgan fingerprint density at radius 2 is 1.90 bits per heavy atom. The standard InChI is InChI=1S/C24H20FN3O2S/c25-23-12-9-18(14-26-23)21-15-28(22-4-2-1-3-20(21)22)31(30)19-10-7-17(8-11-19)24(29)27-13-16-5-6-16/h1-4,7-12,14-16H,5-6,13H2,(H,27,29). The van der Waals surface area contributed by atoms with Crippen molar-refractivity contribution in [1.29, 1.82) is 0 Å². The molecule has 0 spiro atoms. The highest BCUT2D eigenvalue weighted by molar-refractivity contribution is 7.90. The number of nitrogens with zero attached hydrogens (tertiary/aromatic N) is 2. The molecule has 1 saturated carbocycles. The number of benzene rings is 2. The summed E-state index contributed by atoms with van der Waals surface area (Å²) in [5, 5.41) is 3.84. The van der Waals surface area contributed by atoms with Gasteiger partial charge in [0.15, 0.2) is 4.90 Å². The molecule has 5 rings (SSSR count). The highest BCUT2D eigenvalue weighted by Gasteiger charge is 2.23. The number of fused-ring (bicyclic) bond motifs is 1. The minimum atomic E-state index is -1.51. The van der Waals surface area contributed by atoms with E-state index in [0.29, 0.717) is 22.9 Å². The molecule has 5 nitrogen and oxygen atoms in total. The molecule has 1 amide bonds. The fourth-order valence-electron chi connectivity index (χ4n) is 3.55. The van der Waals surface area contributed by atoms with Crippen molar-refractivity contribution >= 4 is 28.2 Å². The number of nitrogens with one attached hydrogen (secondary N) is 1. The smallest absolute Gasteiger partial charge is 0.251 e. The molecule has 2 aromatic carbocycles. The van der Waals surface area contributed by atoms with Crippen molar-refractivity contribution in [1.82, 2.24) is 14.3 Å². The van der Waals surface area contributed by atoms with Crippen molar-refractivity contribution in [2.45, 2.75) is 17.7 Å². The molecule has 2 heterocycles. The Labute approximate surface area is 182 Å². The molecule has 7 heteroatoms. The van der Waals surface area contributed by atoms with Crippen LogP contribution in [0.4, 0.5) is 4.39 Å². The summed E-state index contributed by atoms with van der Waals surface area (Å²) in [5.74, 6) is -0.0395. The van der Waals surface area contributed by atoms with E-state index in [0.717, 1.165) is 22.0 Å². The maximum atomic E-state index is 13.4. The Morgan fingerprint density at radius 3 is 2.61 bits per heavy atom. The van der Waals surface area contributed by atoms with E-state index in [1.165, 1.54) is 25.1 Å². The fraction of sp³-hybridized carbons (Fsp3) is 0.167. The van der Waals surface area contributed by atoms with Crippen LogP contribution in [0.25, 0.3) is 22.0 Å². The summed E-state index contributed by atoms with van der Waals surface area (Å²) in [6.45, 7) is 0.711. The van der Waals surface area contributed by atoms with Gasteiger partial charge in [-0.25, -0.2) is 4.98 Å². The highest BCUT2D eigenvalue weighted by atomic mass is 32.2. The van der Waals surface area contributed by atoms with E-state index in [2.05, 4.69) is 10.3 Å². The Kier molecular flexibility index (Phi) is 5.21. The third-order valence-electron chi connectivity index (χ3n) is 5.46. The fourth-order valence-corrected chi connectivity index (χ4v) is 4.68. The minimum Gasteiger partial charge on any atom is -0.587 e. The van der Waals surface area contributed by atoms with Crippen LogP contribution in [0.2, 0.25) is 0 Å². The van der Waals surface area contributed by atoms with E-state index in [-0.39, 0.29) is 5.91 Å². The number of hydrogen-bond donors (Lipinski definition) is 1. The van der Waals surface area contributed by atoms with Crippen molar-refractivity contribution in [2.24, 2.45) is 5.92 Å². The monoisotopic (exact) mass is 433 g/mol. The first kappa shape index (κ1) is 19.8. The van der Waals surface area contributed by atoms with Crippen LogP contribution in [-0.2, 0) is 11.4 Å². The molecule has 31 heavy (non-hydrogen) atoms. The zero-order chi connectivity index (χ0) is 21.4. The van der Waals surface area contributed by atoms with Gasteiger partial charge in [0.2, 0.25) is 5.95 Å². The topological polar surface area (TPSA) is 70.0 Å². The number of pyridine rings is 1. The van der Waals surface area contributed by atoms with Crippen molar-refractivity contribution < 1.29 is 13.7 Å². The summed E-state index contributed by atoms with van der Waals surface area (Å²) in [7, 11) is 0. The molecule has 1 aliphatic rings. The van der Waals surface area contributed by atoms with E-state index in [4.69, 9.17) is 0 Å². The van der Waals surface area contributed by atoms with Gasteiger partial charge in [0, 0.05) is 34.8 Å². The third kappa shape index (κ3) is 4.06. The number of halogens is 1. The number of rotatable bonds is 6. The summed E-state index contributed by atoms with van der Waals surface area (Å²) in [6.07, 6.45) is 5.63. The first-order chi connectivity index (χ1) is 15.1. The van der Waals surface area contributed by atoms with Gasteiger partial charge in [-0.2, -0.15) is 8.36 Å². The first-order valence-corrected chi connectivity index (χ1v) is 11.2. The SMILES string of the molecule is O=C(NCC1CC1)c1ccc([S+]([O-])n2cc(-c3ccc(F)nc3)c3ccccc32)cc1. The maximum absolute atomic E-state index is 13.4. The number of para-hydroxylation sites is 1. The Bertz CT molecular complexity index is 1230. The van der Waals surface area contributed by atoms with Gasteiger partial charge in [0.25, 0.3) is 5.91 Å². The minimum absolute atomic E-state index is 0.109. The molecule has 0 aliphatic heterocycles. The van der Waals surface area contributed by atoms with Crippen LogP contribution in [0, 0.1) is 11.9 Å². The van der Waals surface area contributed by atoms with Crippen LogP contribution in [0.1, 0.15) is 23.2 Å². The average Bonchev–Trinajstić information content (AvgIpc) is 3.56. The Balaban J connectivity index is 1.44. The van der Waals surface area contributed by atoms with Gasteiger partial charge >= 0.3 is 0 Å². The van der Waals surface area contributed by atoms with E-state index in [9.17, 15) is 13.7 Å².